The normalized spacial score (nSPS) is 12.6. The average molecular weight is 363 g/mol. The number of aryl methyl sites for hydroxylation is 1. The monoisotopic (exact) mass is 362 g/mol. The number of aromatic nitrogens is 1. The Bertz CT molecular complexity index is 479. The molecule has 0 aromatic carbocycles. The lowest BCUT2D eigenvalue weighted by Crippen LogP contribution is -2.39. The van der Waals surface area contributed by atoms with Crippen molar-refractivity contribution >= 4 is 26.0 Å². The van der Waals surface area contributed by atoms with Crippen LogP contribution < -0.4 is 4.72 Å². The molecule has 20 heavy (non-hydrogen) atoms. The van der Waals surface area contributed by atoms with E-state index >= 15 is 0 Å². The predicted molar refractivity (Wildman–Crippen MR) is 86.5 cm³/mol. The fourth-order valence-electron chi connectivity index (χ4n) is 1.86. The van der Waals surface area contributed by atoms with Gasteiger partial charge in [0.25, 0.3) is 0 Å². The van der Waals surface area contributed by atoms with Crippen LogP contribution in [0.15, 0.2) is 24.4 Å². The third kappa shape index (κ3) is 5.50. The van der Waals surface area contributed by atoms with Crippen molar-refractivity contribution in [3.63, 3.8) is 0 Å². The van der Waals surface area contributed by atoms with E-state index in [1.165, 1.54) is 0 Å². The molecule has 1 aromatic heterocycles. The summed E-state index contributed by atoms with van der Waals surface area (Å²) in [6.07, 6.45) is 4.00. The minimum Gasteiger partial charge on any atom is -0.261 e. The van der Waals surface area contributed by atoms with Crippen LogP contribution in [0, 0.1) is 5.41 Å². The van der Waals surface area contributed by atoms with Crippen LogP contribution in [-0.4, -0.2) is 31.0 Å². The van der Waals surface area contributed by atoms with E-state index in [1.54, 1.807) is 6.20 Å². The standard InChI is InChI=1S/C14H23BrN2O2S/c1-3-14(4-2,11-15)12-17-20(18,19)10-8-13-7-5-6-9-16-13/h5-7,9,17H,3-4,8,10-12H2,1-2H3. The Morgan fingerprint density at radius 2 is 2.00 bits per heavy atom. The summed E-state index contributed by atoms with van der Waals surface area (Å²) >= 11 is 3.49. The zero-order valence-corrected chi connectivity index (χ0v) is 14.5. The molecule has 0 aliphatic heterocycles. The lowest BCUT2D eigenvalue weighted by atomic mass is 9.85. The number of rotatable bonds is 9. The number of hydrogen-bond acceptors (Lipinski definition) is 3. The molecule has 4 nitrogen and oxygen atoms in total. The van der Waals surface area contributed by atoms with Crippen LogP contribution >= 0.6 is 15.9 Å². The van der Waals surface area contributed by atoms with Gasteiger partial charge in [-0.2, -0.15) is 0 Å². The average Bonchev–Trinajstić information content (AvgIpc) is 2.48. The summed E-state index contributed by atoms with van der Waals surface area (Å²) in [5.41, 5.74) is 0.800. The van der Waals surface area contributed by atoms with E-state index in [1.807, 2.05) is 18.2 Å². The van der Waals surface area contributed by atoms with Crippen LogP contribution in [-0.2, 0) is 16.4 Å². The van der Waals surface area contributed by atoms with E-state index in [9.17, 15) is 8.42 Å². The van der Waals surface area contributed by atoms with Gasteiger partial charge in [0.05, 0.1) is 5.75 Å². The SMILES string of the molecule is CCC(CC)(CBr)CNS(=O)(=O)CCc1ccccn1. The quantitative estimate of drug-likeness (QED) is 0.687. The smallest absolute Gasteiger partial charge is 0.211 e. The van der Waals surface area contributed by atoms with E-state index in [-0.39, 0.29) is 11.2 Å². The van der Waals surface area contributed by atoms with Gasteiger partial charge in [-0.25, -0.2) is 13.1 Å². The number of halogens is 1. The molecule has 1 heterocycles. The van der Waals surface area contributed by atoms with Gasteiger partial charge in [-0.3, -0.25) is 4.98 Å². The van der Waals surface area contributed by atoms with Gasteiger partial charge in [-0.05, 0) is 30.4 Å². The Morgan fingerprint density at radius 1 is 1.30 bits per heavy atom. The molecule has 0 amide bonds. The van der Waals surface area contributed by atoms with Gasteiger partial charge in [0.15, 0.2) is 0 Å². The highest BCUT2D eigenvalue weighted by Gasteiger charge is 2.26. The van der Waals surface area contributed by atoms with Crippen LogP contribution in [0.2, 0.25) is 0 Å². The maximum atomic E-state index is 12.0. The fraction of sp³-hybridized carbons (Fsp3) is 0.643. The van der Waals surface area contributed by atoms with E-state index < -0.39 is 10.0 Å². The summed E-state index contributed by atoms with van der Waals surface area (Å²) in [4.78, 5) is 4.14. The van der Waals surface area contributed by atoms with Gasteiger partial charge in [0.1, 0.15) is 0 Å². The molecule has 0 aliphatic rings. The molecule has 0 fully saturated rings. The third-order valence-corrected chi connectivity index (χ3v) is 6.32. The number of sulfonamides is 1. The maximum Gasteiger partial charge on any atom is 0.211 e. The number of hydrogen-bond donors (Lipinski definition) is 1. The van der Waals surface area contributed by atoms with Gasteiger partial charge < -0.3 is 0 Å². The first kappa shape index (κ1) is 17.6. The molecule has 1 rings (SSSR count). The van der Waals surface area contributed by atoms with E-state index in [0.29, 0.717) is 13.0 Å². The molecule has 114 valence electrons. The Hall–Kier alpha value is -0.460. The molecule has 0 saturated heterocycles. The van der Waals surface area contributed by atoms with Crippen molar-refractivity contribution in [1.29, 1.82) is 0 Å². The van der Waals surface area contributed by atoms with Crippen molar-refractivity contribution in [1.82, 2.24) is 9.71 Å². The molecule has 1 N–H and O–H groups in total. The van der Waals surface area contributed by atoms with Crippen molar-refractivity contribution in [3.05, 3.63) is 30.1 Å². The number of nitrogens with zero attached hydrogens (tertiary/aromatic N) is 1. The van der Waals surface area contributed by atoms with E-state index in [2.05, 4.69) is 39.5 Å². The predicted octanol–water partition coefficient (Wildman–Crippen LogP) is 2.74. The van der Waals surface area contributed by atoms with Gasteiger partial charge in [-0.1, -0.05) is 35.8 Å². The highest BCUT2D eigenvalue weighted by molar-refractivity contribution is 9.09. The Labute approximate surface area is 130 Å². The summed E-state index contributed by atoms with van der Waals surface area (Å²) in [6, 6.07) is 5.53. The first-order valence-corrected chi connectivity index (χ1v) is 9.67. The number of nitrogens with one attached hydrogen (secondary N) is 1. The largest absolute Gasteiger partial charge is 0.261 e. The minimum atomic E-state index is -3.25. The Kier molecular flexibility index (Phi) is 7.12. The summed E-state index contributed by atoms with van der Waals surface area (Å²) in [6.45, 7) is 4.66. The first-order chi connectivity index (χ1) is 9.47. The third-order valence-electron chi connectivity index (χ3n) is 3.80. The second kappa shape index (κ2) is 8.10. The minimum absolute atomic E-state index is 0.00192. The number of alkyl halides is 1. The molecule has 0 atom stereocenters. The second-order valence-electron chi connectivity index (χ2n) is 5.05. The van der Waals surface area contributed by atoms with Crippen molar-refractivity contribution < 1.29 is 8.42 Å². The molecule has 0 unspecified atom stereocenters. The lowest BCUT2D eigenvalue weighted by molar-refractivity contribution is 0.309. The van der Waals surface area contributed by atoms with Crippen molar-refractivity contribution in [3.8, 4) is 0 Å². The fourth-order valence-corrected chi connectivity index (χ4v) is 4.00. The summed E-state index contributed by atoms with van der Waals surface area (Å²) in [5, 5.41) is 0.801. The van der Waals surface area contributed by atoms with Crippen LogP contribution in [0.5, 0.6) is 0 Å². The number of pyridine rings is 1. The summed E-state index contributed by atoms with van der Waals surface area (Å²) < 4.78 is 26.8. The van der Waals surface area contributed by atoms with Crippen LogP contribution in [0.25, 0.3) is 0 Å². The summed E-state index contributed by atoms with van der Waals surface area (Å²) in [7, 11) is -3.25. The zero-order chi connectivity index (χ0) is 15.1. The first-order valence-electron chi connectivity index (χ1n) is 6.90. The molecule has 0 bridgehead atoms. The Balaban J connectivity index is 2.53. The second-order valence-corrected chi connectivity index (χ2v) is 7.54. The Morgan fingerprint density at radius 3 is 2.50 bits per heavy atom. The van der Waals surface area contributed by atoms with E-state index in [4.69, 9.17) is 0 Å². The molecule has 1 aromatic rings. The molecule has 0 spiro atoms. The summed E-state index contributed by atoms with van der Waals surface area (Å²) in [5.74, 6) is 0.0792. The molecule has 0 radical (unpaired) electrons. The van der Waals surface area contributed by atoms with E-state index in [0.717, 1.165) is 23.9 Å². The van der Waals surface area contributed by atoms with Crippen molar-refractivity contribution in [2.24, 2.45) is 5.41 Å². The van der Waals surface area contributed by atoms with Gasteiger partial charge in [-0.15, -0.1) is 0 Å². The van der Waals surface area contributed by atoms with Crippen LogP contribution in [0.4, 0.5) is 0 Å². The van der Waals surface area contributed by atoms with Gasteiger partial charge in [0.2, 0.25) is 10.0 Å². The highest BCUT2D eigenvalue weighted by Crippen LogP contribution is 2.27. The molecule has 6 heteroatoms. The van der Waals surface area contributed by atoms with Crippen molar-refractivity contribution in [2.45, 2.75) is 33.1 Å². The lowest BCUT2D eigenvalue weighted by Gasteiger charge is -2.29. The van der Waals surface area contributed by atoms with Crippen LogP contribution in [0.1, 0.15) is 32.4 Å². The molecule has 0 aliphatic carbocycles. The zero-order valence-electron chi connectivity index (χ0n) is 12.1. The molecular formula is C14H23BrN2O2S. The topological polar surface area (TPSA) is 59.1 Å². The van der Waals surface area contributed by atoms with Gasteiger partial charge >= 0.3 is 0 Å². The highest BCUT2D eigenvalue weighted by atomic mass is 79.9. The van der Waals surface area contributed by atoms with Crippen LogP contribution in [0.3, 0.4) is 0 Å². The van der Waals surface area contributed by atoms with Crippen molar-refractivity contribution in [2.75, 3.05) is 17.6 Å². The molecular weight excluding hydrogens is 340 g/mol. The van der Waals surface area contributed by atoms with Gasteiger partial charge in [0, 0.05) is 30.2 Å². The molecule has 0 saturated carbocycles. The maximum absolute atomic E-state index is 12.0.